The predicted octanol–water partition coefficient (Wildman–Crippen LogP) is 5.54. The van der Waals surface area contributed by atoms with E-state index in [0.717, 1.165) is 38.6 Å². The number of hydrogen-bond acceptors (Lipinski definition) is 7. The van der Waals surface area contributed by atoms with Crippen LogP contribution in [-0.2, 0) is 0 Å². The lowest BCUT2D eigenvalue weighted by Gasteiger charge is -2.16. The van der Waals surface area contributed by atoms with Crippen LogP contribution in [0.3, 0.4) is 0 Å². The SMILES string of the molecule is CC(C)CC(O)Nc1cncc(-c2cc3c(-c4nc5c(-c6ccc(F)cc6)cncc5[nH]4)n[nH]c3cn2)c1. The Bertz CT molecular complexity index is 1740. The van der Waals surface area contributed by atoms with E-state index in [0.29, 0.717) is 35.2 Å². The minimum absolute atomic E-state index is 0.299. The van der Waals surface area contributed by atoms with E-state index in [2.05, 4.69) is 49.3 Å². The molecule has 5 aromatic heterocycles. The number of hydrogen-bond donors (Lipinski definition) is 4. The van der Waals surface area contributed by atoms with E-state index in [9.17, 15) is 9.50 Å². The molecular weight excluding hydrogens is 483 g/mol. The Labute approximate surface area is 217 Å². The number of aromatic amines is 2. The van der Waals surface area contributed by atoms with Gasteiger partial charge in [0.15, 0.2) is 5.82 Å². The molecule has 0 bridgehead atoms. The number of anilines is 1. The highest BCUT2D eigenvalue weighted by Crippen LogP contribution is 2.32. The molecule has 0 aliphatic heterocycles. The third-order valence-electron chi connectivity index (χ3n) is 6.28. The van der Waals surface area contributed by atoms with Crippen molar-refractivity contribution in [3.63, 3.8) is 0 Å². The zero-order chi connectivity index (χ0) is 26.2. The summed E-state index contributed by atoms with van der Waals surface area (Å²) in [6, 6.07) is 10.1. The number of fused-ring (bicyclic) bond motifs is 2. The summed E-state index contributed by atoms with van der Waals surface area (Å²) in [5, 5.41) is 21.7. The van der Waals surface area contributed by atoms with Crippen LogP contribution in [0.2, 0.25) is 0 Å². The second kappa shape index (κ2) is 9.64. The monoisotopic (exact) mass is 508 g/mol. The Morgan fingerprint density at radius 3 is 2.58 bits per heavy atom. The largest absolute Gasteiger partial charge is 0.374 e. The highest BCUT2D eigenvalue weighted by atomic mass is 19.1. The van der Waals surface area contributed by atoms with Gasteiger partial charge in [0.05, 0.1) is 46.5 Å². The lowest BCUT2D eigenvalue weighted by molar-refractivity contribution is 0.176. The molecule has 4 N–H and O–H groups in total. The van der Waals surface area contributed by atoms with Gasteiger partial charge in [-0.25, -0.2) is 9.37 Å². The normalized spacial score (nSPS) is 12.4. The summed E-state index contributed by atoms with van der Waals surface area (Å²) in [4.78, 5) is 21.4. The summed E-state index contributed by atoms with van der Waals surface area (Å²) in [5.74, 6) is 0.635. The molecule has 1 atom stereocenters. The molecule has 190 valence electrons. The second-order valence-electron chi connectivity index (χ2n) is 9.61. The maximum absolute atomic E-state index is 13.5. The molecule has 6 aromatic rings. The summed E-state index contributed by atoms with van der Waals surface area (Å²) in [6.07, 6.45) is 8.53. The number of pyridine rings is 3. The number of H-pyrrole nitrogens is 2. The average Bonchev–Trinajstić information content (AvgIpc) is 3.52. The van der Waals surface area contributed by atoms with E-state index < -0.39 is 6.23 Å². The Hall–Kier alpha value is -4.70. The first-order chi connectivity index (χ1) is 18.4. The van der Waals surface area contributed by atoms with Crippen LogP contribution in [0, 0.1) is 11.7 Å². The molecule has 1 aromatic carbocycles. The number of aliphatic hydroxyl groups excluding tert-OH is 1. The molecule has 9 nitrogen and oxygen atoms in total. The van der Waals surface area contributed by atoms with Crippen molar-refractivity contribution in [3.8, 4) is 33.9 Å². The van der Waals surface area contributed by atoms with Crippen LogP contribution in [0.5, 0.6) is 0 Å². The van der Waals surface area contributed by atoms with Crippen molar-refractivity contribution in [1.29, 1.82) is 0 Å². The van der Waals surface area contributed by atoms with Crippen molar-refractivity contribution in [2.24, 2.45) is 5.92 Å². The van der Waals surface area contributed by atoms with Gasteiger partial charge in [0.25, 0.3) is 0 Å². The Balaban J connectivity index is 1.37. The minimum atomic E-state index is -0.662. The molecule has 0 radical (unpaired) electrons. The fourth-order valence-corrected chi connectivity index (χ4v) is 4.50. The molecule has 6 rings (SSSR count). The number of nitrogens with zero attached hydrogens (tertiary/aromatic N) is 5. The zero-order valence-electron chi connectivity index (χ0n) is 20.8. The summed E-state index contributed by atoms with van der Waals surface area (Å²) in [5.41, 5.74) is 6.69. The molecule has 5 heterocycles. The molecule has 0 fully saturated rings. The van der Waals surface area contributed by atoms with Crippen molar-refractivity contribution < 1.29 is 9.50 Å². The van der Waals surface area contributed by atoms with Crippen LogP contribution in [0.15, 0.2) is 67.4 Å². The zero-order valence-corrected chi connectivity index (χ0v) is 20.8. The molecule has 0 saturated carbocycles. The maximum Gasteiger partial charge on any atom is 0.159 e. The van der Waals surface area contributed by atoms with Gasteiger partial charge in [-0.2, -0.15) is 5.10 Å². The van der Waals surface area contributed by atoms with Gasteiger partial charge in [0.1, 0.15) is 17.7 Å². The van der Waals surface area contributed by atoms with Gasteiger partial charge in [-0.1, -0.05) is 26.0 Å². The van der Waals surface area contributed by atoms with Crippen LogP contribution < -0.4 is 5.32 Å². The van der Waals surface area contributed by atoms with E-state index >= 15 is 0 Å². The van der Waals surface area contributed by atoms with Gasteiger partial charge in [0, 0.05) is 28.9 Å². The lowest BCUT2D eigenvalue weighted by atomic mass is 10.1. The van der Waals surface area contributed by atoms with Gasteiger partial charge in [-0.05, 0) is 42.2 Å². The molecule has 0 saturated heterocycles. The molecule has 0 amide bonds. The first kappa shape index (κ1) is 23.7. The molecule has 10 heteroatoms. The van der Waals surface area contributed by atoms with Crippen molar-refractivity contribution >= 4 is 27.6 Å². The van der Waals surface area contributed by atoms with E-state index in [1.54, 1.807) is 43.1 Å². The fourth-order valence-electron chi connectivity index (χ4n) is 4.50. The van der Waals surface area contributed by atoms with Crippen molar-refractivity contribution in [2.45, 2.75) is 26.5 Å². The fraction of sp³-hybridized carbons (Fsp3) is 0.179. The first-order valence-corrected chi connectivity index (χ1v) is 12.3. The second-order valence-corrected chi connectivity index (χ2v) is 9.61. The van der Waals surface area contributed by atoms with Gasteiger partial charge < -0.3 is 15.4 Å². The number of aliphatic hydroxyl groups is 1. The standard InChI is InChI=1S/C28H25FN8O/c1-15(2)7-25(38)33-19-8-17(10-30-11-19)22-9-20-23(14-32-22)36-37-27(20)28-34-24-13-31-12-21(26(24)35-28)16-3-5-18(29)6-4-16/h3-6,8-15,25,33,38H,7H2,1-2H3,(H,34,35)(H,36,37). The van der Waals surface area contributed by atoms with Gasteiger partial charge in [0.2, 0.25) is 0 Å². The molecule has 38 heavy (non-hydrogen) atoms. The van der Waals surface area contributed by atoms with E-state index in [4.69, 9.17) is 4.98 Å². The number of benzene rings is 1. The van der Waals surface area contributed by atoms with Crippen molar-refractivity contribution in [2.75, 3.05) is 5.32 Å². The quantitative estimate of drug-likeness (QED) is 0.208. The molecular formula is C28H25FN8O. The number of nitrogens with one attached hydrogen (secondary N) is 3. The van der Waals surface area contributed by atoms with Crippen LogP contribution >= 0.6 is 0 Å². The predicted molar refractivity (Wildman–Crippen MR) is 144 cm³/mol. The number of halogens is 1. The summed E-state index contributed by atoms with van der Waals surface area (Å²) in [6.45, 7) is 4.12. The number of rotatable bonds is 7. The topological polar surface area (TPSA) is 128 Å². The van der Waals surface area contributed by atoms with Gasteiger partial charge >= 0.3 is 0 Å². The number of aromatic nitrogens is 7. The maximum atomic E-state index is 13.5. The summed E-state index contributed by atoms with van der Waals surface area (Å²) in [7, 11) is 0. The highest BCUT2D eigenvalue weighted by Gasteiger charge is 2.17. The molecule has 1 unspecified atom stereocenters. The highest BCUT2D eigenvalue weighted by molar-refractivity contribution is 5.97. The molecule has 0 aliphatic carbocycles. The van der Waals surface area contributed by atoms with Gasteiger partial charge in [-0.3, -0.25) is 20.1 Å². The van der Waals surface area contributed by atoms with E-state index in [1.165, 1.54) is 12.1 Å². The minimum Gasteiger partial charge on any atom is -0.374 e. The first-order valence-electron chi connectivity index (χ1n) is 12.3. The van der Waals surface area contributed by atoms with Gasteiger partial charge in [-0.15, -0.1) is 0 Å². The molecule has 0 aliphatic rings. The van der Waals surface area contributed by atoms with Crippen LogP contribution in [0.25, 0.3) is 55.8 Å². The smallest absolute Gasteiger partial charge is 0.159 e. The van der Waals surface area contributed by atoms with Crippen molar-refractivity contribution in [1.82, 2.24) is 35.1 Å². The average molecular weight is 509 g/mol. The van der Waals surface area contributed by atoms with E-state index in [1.807, 2.05) is 12.1 Å². The Morgan fingerprint density at radius 2 is 1.76 bits per heavy atom. The number of imidazole rings is 1. The summed E-state index contributed by atoms with van der Waals surface area (Å²) >= 11 is 0. The van der Waals surface area contributed by atoms with Crippen LogP contribution in [0.4, 0.5) is 10.1 Å². The summed E-state index contributed by atoms with van der Waals surface area (Å²) < 4.78 is 13.5. The molecule has 0 spiro atoms. The van der Waals surface area contributed by atoms with Crippen molar-refractivity contribution in [3.05, 3.63) is 73.2 Å². The van der Waals surface area contributed by atoms with Crippen LogP contribution in [0.1, 0.15) is 20.3 Å². The third-order valence-corrected chi connectivity index (χ3v) is 6.28. The van der Waals surface area contributed by atoms with E-state index in [-0.39, 0.29) is 5.82 Å². The Morgan fingerprint density at radius 1 is 0.947 bits per heavy atom. The van der Waals surface area contributed by atoms with Crippen LogP contribution in [-0.4, -0.2) is 46.5 Å². The Kier molecular flexibility index (Phi) is 6.01. The third kappa shape index (κ3) is 4.57. The lowest BCUT2D eigenvalue weighted by Crippen LogP contribution is -2.20.